The number of ether oxygens (including phenoxy) is 1. The third-order valence-electron chi connectivity index (χ3n) is 3.35. The molecule has 5 heteroatoms. The first kappa shape index (κ1) is 15.3. The molecule has 0 aliphatic carbocycles. The van der Waals surface area contributed by atoms with E-state index in [0.29, 0.717) is 13.2 Å². The lowest BCUT2D eigenvalue weighted by molar-refractivity contribution is -0.146. The van der Waals surface area contributed by atoms with Gasteiger partial charge in [0.2, 0.25) is 0 Å². The molecule has 0 bridgehead atoms. The zero-order chi connectivity index (χ0) is 15.2. The number of aromatic nitrogens is 2. The fraction of sp³-hybridized carbons (Fsp3) is 0.375. The van der Waals surface area contributed by atoms with E-state index in [1.54, 1.807) is 6.92 Å². The third kappa shape index (κ3) is 3.70. The van der Waals surface area contributed by atoms with Crippen molar-refractivity contribution < 1.29 is 9.53 Å². The van der Waals surface area contributed by atoms with Crippen LogP contribution in [0.5, 0.6) is 0 Å². The molecule has 21 heavy (non-hydrogen) atoms. The predicted molar refractivity (Wildman–Crippen MR) is 80.7 cm³/mol. The van der Waals surface area contributed by atoms with Crippen molar-refractivity contribution in [3.63, 3.8) is 0 Å². The number of esters is 1. The van der Waals surface area contributed by atoms with Crippen molar-refractivity contribution in [1.29, 1.82) is 0 Å². The maximum Gasteiger partial charge on any atom is 0.327 e. The number of nitrogens with zero attached hydrogens (tertiary/aromatic N) is 1. The van der Waals surface area contributed by atoms with E-state index < -0.39 is 6.04 Å². The van der Waals surface area contributed by atoms with Crippen LogP contribution in [-0.2, 0) is 16.1 Å². The van der Waals surface area contributed by atoms with Crippen LogP contribution in [0, 0.1) is 13.8 Å². The Morgan fingerprint density at radius 3 is 2.62 bits per heavy atom. The van der Waals surface area contributed by atoms with E-state index >= 15 is 0 Å². The zero-order valence-electron chi connectivity index (χ0n) is 12.6. The van der Waals surface area contributed by atoms with Crippen LogP contribution in [0.2, 0.25) is 0 Å². The molecule has 0 saturated carbocycles. The molecule has 1 aromatic carbocycles. The summed E-state index contributed by atoms with van der Waals surface area (Å²) in [6.45, 7) is 6.55. The van der Waals surface area contributed by atoms with Crippen molar-refractivity contribution in [2.75, 3.05) is 6.61 Å². The molecule has 0 saturated heterocycles. The summed E-state index contributed by atoms with van der Waals surface area (Å²) in [5.41, 5.74) is 3.67. The van der Waals surface area contributed by atoms with Crippen LogP contribution in [-0.4, -0.2) is 22.8 Å². The number of carbonyl (C=O) groups is 1. The standard InChI is InChI=1S/C16H21N3O2/c1-4-21-16(20)15(14-11(2)18-19-12(14)3)17-10-13-8-6-5-7-9-13/h5-9,15,17H,4,10H2,1-3H3,(H,18,19). The van der Waals surface area contributed by atoms with Gasteiger partial charge in [-0.1, -0.05) is 30.3 Å². The Morgan fingerprint density at radius 1 is 1.33 bits per heavy atom. The summed E-state index contributed by atoms with van der Waals surface area (Å²) in [6, 6.07) is 9.45. The van der Waals surface area contributed by atoms with Gasteiger partial charge >= 0.3 is 5.97 Å². The second-order valence-electron chi connectivity index (χ2n) is 4.90. The minimum Gasteiger partial charge on any atom is -0.465 e. The summed E-state index contributed by atoms with van der Waals surface area (Å²) in [6.07, 6.45) is 0. The van der Waals surface area contributed by atoms with Gasteiger partial charge in [-0.3, -0.25) is 10.4 Å². The van der Waals surface area contributed by atoms with Gasteiger partial charge in [-0.05, 0) is 26.3 Å². The van der Waals surface area contributed by atoms with Crippen LogP contribution in [0.1, 0.15) is 35.5 Å². The summed E-state index contributed by atoms with van der Waals surface area (Å²) in [5, 5.41) is 10.3. The molecule has 1 aromatic heterocycles. The number of hydrogen-bond donors (Lipinski definition) is 2. The van der Waals surface area contributed by atoms with E-state index in [-0.39, 0.29) is 5.97 Å². The number of aromatic amines is 1. The molecule has 0 aliphatic heterocycles. The fourth-order valence-corrected chi connectivity index (χ4v) is 2.33. The van der Waals surface area contributed by atoms with E-state index in [2.05, 4.69) is 15.5 Å². The first-order valence-corrected chi connectivity index (χ1v) is 7.09. The van der Waals surface area contributed by atoms with Crippen molar-refractivity contribution >= 4 is 5.97 Å². The van der Waals surface area contributed by atoms with Gasteiger partial charge in [0.1, 0.15) is 6.04 Å². The minimum absolute atomic E-state index is 0.277. The second kappa shape index (κ2) is 7.04. The van der Waals surface area contributed by atoms with E-state index in [0.717, 1.165) is 22.5 Å². The summed E-state index contributed by atoms with van der Waals surface area (Å²) in [5.74, 6) is -0.277. The fourth-order valence-electron chi connectivity index (χ4n) is 2.33. The number of rotatable bonds is 6. The minimum atomic E-state index is -0.510. The quantitative estimate of drug-likeness (QED) is 0.801. The number of nitrogens with one attached hydrogen (secondary N) is 2. The Hall–Kier alpha value is -2.14. The van der Waals surface area contributed by atoms with Gasteiger partial charge in [0.25, 0.3) is 0 Å². The highest BCUT2D eigenvalue weighted by Crippen LogP contribution is 2.21. The highest BCUT2D eigenvalue weighted by molar-refractivity contribution is 5.78. The van der Waals surface area contributed by atoms with Gasteiger partial charge in [0, 0.05) is 17.8 Å². The molecule has 1 unspecified atom stereocenters. The summed E-state index contributed by atoms with van der Waals surface area (Å²) in [4.78, 5) is 12.2. The van der Waals surface area contributed by atoms with Gasteiger partial charge in [-0.2, -0.15) is 5.10 Å². The molecule has 0 amide bonds. The van der Waals surface area contributed by atoms with Gasteiger partial charge in [-0.25, -0.2) is 4.79 Å². The Bertz CT molecular complexity index is 573. The lowest BCUT2D eigenvalue weighted by Crippen LogP contribution is -2.30. The summed E-state index contributed by atoms with van der Waals surface area (Å²) >= 11 is 0. The monoisotopic (exact) mass is 287 g/mol. The first-order valence-electron chi connectivity index (χ1n) is 7.09. The lowest BCUT2D eigenvalue weighted by atomic mass is 10.0. The first-order chi connectivity index (χ1) is 10.1. The number of benzene rings is 1. The zero-order valence-corrected chi connectivity index (χ0v) is 12.6. The lowest BCUT2D eigenvalue weighted by Gasteiger charge is -2.18. The van der Waals surface area contributed by atoms with E-state index in [9.17, 15) is 4.79 Å². The van der Waals surface area contributed by atoms with E-state index in [1.165, 1.54) is 0 Å². The number of hydrogen-bond acceptors (Lipinski definition) is 4. The molecule has 0 spiro atoms. The molecule has 0 fully saturated rings. The van der Waals surface area contributed by atoms with E-state index in [4.69, 9.17) is 4.74 Å². The largest absolute Gasteiger partial charge is 0.465 e. The highest BCUT2D eigenvalue weighted by Gasteiger charge is 2.26. The third-order valence-corrected chi connectivity index (χ3v) is 3.35. The van der Waals surface area contributed by atoms with Gasteiger partial charge < -0.3 is 4.74 Å². The summed E-state index contributed by atoms with van der Waals surface area (Å²) in [7, 11) is 0. The molecule has 0 radical (unpaired) electrons. The Labute approximate surface area is 124 Å². The Kier molecular flexibility index (Phi) is 5.11. The molecule has 2 aromatic rings. The molecule has 2 N–H and O–H groups in total. The molecule has 0 aliphatic rings. The van der Waals surface area contributed by atoms with Crippen molar-refractivity contribution in [2.24, 2.45) is 0 Å². The smallest absolute Gasteiger partial charge is 0.327 e. The Morgan fingerprint density at radius 2 is 2.05 bits per heavy atom. The molecule has 5 nitrogen and oxygen atoms in total. The van der Waals surface area contributed by atoms with Crippen LogP contribution in [0.4, 0.5) is 0 Å². The number of carbonyl (C=O) groups excluding carboxylic acids is 1. The normalized spacial score (nSPS) is 12.1. The molecular weight excluding hydrogens is 266 g/mol. The van der Waals surface area contributed by atoms with Gasteiger partial charge in [-0.15, -0.1) is 0 Å². The second-order valence-corrected chi connectivity index (χ2v) is 4.90. The van der Waals surface area contributed by atoms with E-state index in [1.807, 2.05) is 44.2 Å². The SMILES string of the molecule is CCOC(=O)C(NCc1ccccc1)c1c(C)n[nH]c1C. The van der Waals surface area contributed by atoms with Crippen LogP contribution in [0.3, 0.4) is 0 Å². The number of H-pyrrole nitrogens is 1. The topological polar surface area (TPSA) is 67.0 Å². The van der Waals surface area contributed by atoms with Crippen molar-refractivity contribution in [3.8, 4) is 0 Å². The average molecular weight is 287 g/mol. The highest BCUT2D eigenvalue weighted by atomic mass is 16.5. The molecule has 1 heterocycles. The van der Waals surface area contributed by atoms with Crippen molar-refractivity contribution in [2.45, 2.75) is 33.4 Å². The van der Waals surface area contributed by atoms with Crippen LogP contribution < -0.4 is 5.32 Å². The van der Waals surface area contributed by atoms with Crippen molar-refractivity contribution in [3.05, 3.63) is 52.8 Å². The van der Waals surface area contributed by atoms with Gasteiger partial charge in [0.15, 0.2) is 0 Å². The van der Waals surface area contributed by atoms with Gasteiger partial charge in [0.05, 0.1) is 12.3 Å². The molecule has 2 rings (SSSR count). The molecule has 1 atom stereocenters. The Balaban J connectivity index is 2.19. The molecule has 112 valence electrons. The number of aryl methyl sites for hydroxylation is 2. The van der Waals surface area contributed by atoms with Crippen molar-refractivity contribution in [1.82, 2.24) is 15.5 Å². The van der Waals surface area contributed by atoms with Crippen LogP contribution in [0.15, 0.2) is 30.3 Å². The maximum atomic E-state index is 12.2. The van der Waals surface area contributed by atoms with Crippen LogP contribution >= 0.6 is 0 Å². The predicted octanol–water partition coefficient (Wildman–Crippen LogP) is 2.42. The molecular formula is C16H21N3O2. The average Bonchev–Trinajstić information content (AvgIpc) is 2.81. The maximum absolute atomic E-state index is 12.2. The summed E-state index contributed by atoms with van der Waals surface area (Å²) < 4.78 is 5.18. The van der Waals surface area contributed by atoms with Crippen LogP contribution in [0.25, 0.3) is 0 Å².